The van der Waals surface area contributed by atoms with Gasteiger partial charge in [-0.3, -0.25) is 19.8 Å². The molecular weight excluding hydrogens is 310 g/mol. The van der Waals surface area contributed by atoms with E-state index in [1.165, 1.54) is 0 Å². The number of hydrogen-bond donors (Lipinski definition) is 3. The number of hydrogen-bond acceptors (Lipinski definition) is 5. The van der Waals surface area contributed by atoms with E-state index in [9.17, 15) is 14.7 Å². The van der Waals surface area contributed by atoms with Crippen molar-refractivity contribution in [2.45, 2.75) is 19.0 Å². The van der Waals surface area contributed by atoms with E-state index in [1.54, 1.807) is 0 Å². The molecule has 0 aliphatic carbocycles. The van der Waals surface area contributed by atoms with Crippen LogP contribution < -0.4 is 10.6 Å². The first-order valence-corrected chi connectivity index (χ1v) is 8.22. The van der Waals surface area contributed by atoms with Crippen LogP contribution in [0.4, 0.5) is 0 Å². The molecule has 0 bridgehead atoms. The number of carboxylic acid groups (broad SMARTS) is 1. The molecule has 1 aliphatic heterocycles. The third kappa shape index (κ3) is 6.66. The van der Waals surface area contributed by atoms with Crippen LogP contribution in [-0.2, 0) is 20.9 Å². The van der Waals surface area contributed by atoms with Gasteiger partial charge in [-0.25, -0.2) is 0 Å². The van der Waals surface area contributed by atoms with Crippen molar-refractivity contribution in [3.05, 3.63) is 35.9 Å². The highest BCUT2D eigenvalue weighted by Gasteiger charge is 2.20. The molecular formula is C17H25N3O4. The summed E-state index contributed by atoms with van der Waals surface area (Å²) in [5, 5.41) is 15.0. The first-order valence-electron chi connectivity index (χ1n) is 8.22. The average Bonchev–Trinajstić information content (AvgIpc) is 2.60. The minimum Gasteiger partial charge on any atom is -0.480 e. The Labute approximate surface area is 142 Å². The molecule has 132 valence electrons. The standard InChI is InChI=1S/C17H25N3O4/c21-16(18-6-7-20-8-10-24-11-9-20)12-15(17(22)23)19-13-14-4-2-1-3-5-14/h1-5,15,19H,6-13H2,(H,18,21)(H,22,23). The van der Waals surface area contributed by atoms with E-state index in [-0.39, 0.29) is 12.3 Å². The largest absolute Gasteiger partial charge is 0.480 e. The quantitative estimate of drug-likeness (QED) is 0.592. The lowest BCUT2D eigenvalue weighted by Crippen LogP contribution is -2.44. The summed E-state index contributed by atoms with van der Waals surface area (Å²) in [6.45, 7) is 4.86. The zero-order valence-corrected chi connectivity index (χ0v) is 13.7. The molecule has 0 spiro atoms. The van der Waals surface area contributed by atoms with E-state index in [0.29, 0.717) is 13.1 Å². The van der Waals surface area contributed by atoms with Crippen molar-refractivity contribution in [1.29, 1.82) is 0 Å². The molecule has 1 atom stereocenters. The molecule has 1 aromatic carbocycles. The van der Waals surface area contributed by atoms with Gasteiger partial charge in [-0.1, -0.05) is 30.3 Å². The van der Waals surface area contributed by atoms with E-state index in [4.69, 9.17) is 4.74 Å². The van der Waals surface area contributed by atoms with Gasteiger partial charge < -0.3 is 15.2 Å². The molecule has 7 nitrogen and oxygen atoms in total. The van der Waals surface area contributed by atoms with Crippen LogP contribution in [0.25, 0.3) is 0 Å². The van der Waals surface area contributed by atoms with Gasteiger partial charge in [0.2, 0.25) is 5.91 Å². The second-order valence-electron chi connectivity index (χ2n) is 5.77. The van der Waals surface area contributed by atoms with Gasteiger partial charge in [0, 0.05) is 32.7 Å². The number of carboxylic acids is 1. The average molecular weight is 335 g/mol. The van der Waals surface area contributed by atoms with Gasteiger partial charge >= 0.3 is 5.97 Å². The number of benzene rings is 1. The summed E-state index contributed by atoms with van der Waals surface area (Å²) in [7, 11) is 0. The molecule has 0 radical (unpaired) electrons. The summed E-state index contributed by atoms with van der Waals surface area (Å²) in [6.07, 6.45) is -0.0781. The number of morpholine rings is 1. The Morgan fingerprint density at radius 1 is 1.21 bits per heavy atom. The number of aliphatic carboxylic acids is 1. The fraction of sp³-hybridized carbons (Fsp3) is 0.529. The third-order valence-corrected chi connectivity index (χ3v) is 3.94. The minimum absolute atomic E-state index is 0.0781. The van der Waals surface area contributed by atoms with Gasteiger partial charge in [0.1, 0.15) is 6.04 Å². The summed E-state index contributed by atoms with van der Waals surface area (Å²) >= 11 is 0. The van der Waals surface area contributed by atoms with Crippen molar-refractivity contribution in [2.24, 2.45) is 0 Å². The van der Waals surface area contributed by atoms with Crippen molar-refractivity contribution < 1.29 is 19.4 Å². The van der Waals surface area contributed by atoms with Gasteiger partial charge in [0.25, 0.3) is 0 Å². The number of carbonyl (C=O) groups is 2. The van der Waals surface area contributed by atoms with E-state index < -0.39 is 12.0 Å². The molecule has 2 rings (SSSR count). The van der Waals surface area contributed by atoms with Gasteiger partial charge in [-0.15, -0.1) is 0 Å². The first kappa shape index (κ1) is 18.4. The van der Waals surface area contributed by atoms with Crippen LogP contribution in [0.2, 0.25) is 0 Å². The van der Waals surface area contributed by atoms with Crippen molar-refractivity contribution >= 4 is 11.9 Å². The highest BCUT2D eigenvalue weighted by Crippen LogP contribution is 2.01. The monoisotopic (exact) mass is 335 g/mol. The topological polar surface area (TPSA) is 90.9 Å². The van der Waals surface area contributed by atoms with Crippen molar-refractivity contribution in [1.82, 2.24) is 15.5 Å². The number of nitrogens with one attached hydrogen (secondary N) is 2. The third-order valence-electron chi connectivity index (χ3n) is 3.94. The summed E-state index contributed by atoms with van der Waals surface area (Å²) in [5.74, 6) is -1.27. The Morgan fingerprint density at radius 2 is 1.92 bits per heavy atom. The predicted octanol–water partition coefficient (Wildman–Crippen LogP) is 0.0679. The molecule has 1 fully saturated rings. The molecule has 1 unspecified atom stereocenters. The Morgan fingerprint density at radius 3 is 2.58 bits per heavy atom. The molecule has 0 saturated carbocycles. The smallest absolute Gasteiger partial charge is 0.321 e. The summed E-state index contributed by atoms with van der Waals surface area (Å²) in [5.41, 5.74) is 0.983. The van der Waals surface area contributed by atoms with Gasteiger partial charge in [-0.05, 0) is 5.56 Å². The maximum Gasteiger partial charge on any atom is 0.321 e. The molecule has 1 aromatic rings. The lowest BCUT2D eigenvalue weighted by Gasteiger charge is -2.26. The number of amides is 1. The Bertz CT molecular complexity index is 518. The Hall–Kier alpha value is -1.96. The maximum atomic E-state index is 12.0. The van der Waals surface area contributed by atoms with Crippen LogP contribution in [0, 0.1) is 0 Å². The second-order valence-corrected chi connectivity index (χ2v) is 5.77. The summed E-state index contributed by atoms with van der Waals surface area (Å²) in [6, 6.07) is 8.62. The molecule has 1 saturated heterocycles. The number of rotatable bonds is 9. The lowest BCUT2D eigenvalue weighted by atomic mass is 10.1. The van der Waals surface area contributed by atoms with Crippen LogP contribution in [0.5, 0.6) is 0 Å². The number of nitrogens with zero attached hydrogens (tertiary/aromatic N) is 1. The van der Waals surface area contributed by atoms with Crippen molar-refractivity contribution in [2.75, 3.05) is 39.4 Å². The molecule has 24 heavy (non-hydrogen) atoms. The van der Waals surface area contributed by atoms with Gasteiger partial charge in [-0.2, -0.15) is 0 Å². The van der Waals surface area contributed by atoms with E-state index in [0.717, 1.165) is 38.4 Å². The fourth-order valence-electron chi connectivity index (χ4n) is 2.52. The van der Waals surface area contributed by atoms with Crippen LogP contribution >= 0.6 is 0 Å². The van der Waals surface area contributed by atoms with E-state index in [1.807, 2.05) is 30.3 Å². The predicted molar refractivity (Wildman–Crippen MR) is 89.6 cm³/mol. The molecule has 7 heteroatoms. The first-order chi connectivity index (χ1) is 11.6. The highest BCUT2D eigenvalue weighted by molar-refractivity contribution is 5.84. The zero-order chi connectivity index (χ0) is 17.2. The Balaban J connectivity index is 1.69. The van der Waals surface area contributed by atoms with Crippen LogP contribution in [0.3, 0.4) is 0 Å². The zero-order valence-electron chi connectivity index (χ0n) is 13.7. The fourth-order valence-corrected chi connectivity index (χ4v) is 2.52. The number of carbonyl (C=O) groups excluding carboxylic acids is 1. The SMILES string of the molecule is O=C(CC(NCc1ccccc1)C(=O)O)NCCN1CCOCC1. The lowest BCUT2D eigenvalue weighted by molar-refractivity contribution is -0.141. The number of ether oxygens (including phenoxy) is 1. The molecule has 3 N–H and O–H groups in total. The van der Waals surface area contributed by atoms with E-state index in [2.05, 4.69) is 15.5 Å². The van der Waals surface area contributed by atoms with Crippen LogP contribution in [-0.4, -0.2) is 67.3 Å². The highest BCUT2D eigenvalue weighted by atomic mass is 16.5. The molecule has 1 amide bonds. The molecule has 1 aliphatic rings. The normalized spacial score (nSPS) is 16.5. The maximum absolute atomic E-state index is 12.0. The summed E-state index contributed by atoms with van der Waals surface area (Å²) < 4.78 is 5.27. The molecule has 1 heterocycles. The van der Waals surface area contributed by atoms with Gasteiger partial charge in [0.05, 0.1) is 19.6 Å². The van der Waals surface area contributed by atoms with Crippen molar-refractivity contribution in [3.63, 3.8) is 0 Å². The van der Waals surface area contributed by atoms with Crippen LogP contribution in [0.15, 0.2) is 30.3 Å². The minimum atomic E-state index is -1.02. The van der Waals surface area contributed by atoms with E-state index >= 15 is 0 Å². The molecule has 0 aromatic heterocycles. The van der Waals surface area contributed by atoms with Gasteiger partial charge in [0.15, 0.2) is 0 Å². The van der Waals surface area contributed by atoms with Crippen LogP contribution in [0.1, 0.15) is 12.0 Å². The summed E-state index contributed by atoms with van der Waals surface area (Å²) in [4.78, 5) is 25.5. The van der Waals surface area contributed by atoms with Crippen molar-refractivity contribution in [3.8, 4) is 0 Å². The Kier molecular flexibility index (Phi) is 7.67. The second kappa shape index (κ2) is 10.0.